The second-order valence-corrected chi connectivity index (χ2v) is 6.42. The van der Waals surface area contributed by atoms with Gasteiger partial charge in [0.05, 0.1) is 12.1 Å². The highest BCUT2D eigenvalue weighted by molar-refractivity contribution is 5.86. The maximum Gasteiger partial charge on any atom is 0.315 e. The highest BCUT2D eigenvalue weighted by atomic mass is 16.3. The first-order valence-electron chi connectivity index (χ1n) is 8.43. The zero-order valence-corrected chi connectivity index (χ0v) is 13.6. The number of aromatic amines is 1. The van der Waals surface area contributed by atoms with Gasteiger partial charge in [-0.3, -0.25) is 0 Å². The minimum Gasteiger partial charge on any atom is -0.391 e. The van der Waals surface area contributed by atoms with Crippen LogP contribution in [0.3, 0.4) is 0 Å². The fraction of sp³-hybridized carbons (Fsp3) is 0.500. The van der Waals surface area contributed by atoms with E-state index < -0.39 is 6.10 Å². The number of H-pyrrole nitrogens is 1. The normalized spacial score (nSPS) is 21.3. The lowest BCUT2D eigenvalue weighted by Gasteiger charge is -2.28. The number of nitrogens with one attached hydrogen (secondary N) is 3. The summed E-state index contributed by atoms with van der Waals surface area (Å²) in [6, 6.07) is 5.91. The molecule has 0 spiro atoms. The van der Waals surface area contributed by atoms with Crippen molar-refractivity contribution >= 4 is 16.9 Å². The van der Waals surface area contributed by atoms with Gasteiger partial charge in [0.25, 0.3) is 0 Å². The number of aryl methyl sites for hydroxylation is 1. The van der Waals surface area contributed by atoms with Gasteiger partial charge < -0.3 is 20.7 Å². The zero-order valence-electron chi connectivity index (χ0n) is 13.6. The van der Waals surface area contributed by atoms with Gasteiger partial charge in [-0.1, -0.05) is 25.0 Å². The van der Waals surface area contributed by atoms with Crippen molar-refractivity contribution in [2.75, 3.05) is 6.54 Å². The molecule has 2 amide bonds. The van der Waals surface area contributed by atoms with Gasteiger partial charge in [0.15, 0.2) is 0 Å². The Bertz CT molecular complexity index is 680. The fourth-order valence-electron chi connectivity index (χ4n) is 3.46. The number of aromatic nitrogens is 1. The number of carbonyl (C=O) groups excluding carboxylic acids is 1. The van der Waals surface area contributed by atoms with Crippen LogP contribution in [0.2, 0.25) is 0 Å². The molecule has 1 aliphatic carbocycles. The topological polar surface area (TPSA) is 77.2 Å². The largest absolute Gasteiger partial charge is 0.391 e. The van der Waals surface area contributed by atoms with Crippen LogP contribution in [0.15, 0.2) is 24.4 Å². The molecule has 0 radical (unpaired) electrons. The predicted molar refractivity (Wildman–Crippen MR) is 91.5 cm³/mol. The Morgan fingerprint density at radius 3 is 3.00 bits per heavy atom. The molecule has 0 saturated heterocycles. The van der Waals surface area contributed by atoms with E-state index >= 15 is 0 Å². The van der Waals surface area contributed by atoms with Crippen LogP contribution in [-0.2, 0) is 6.42 Å². The molecule has 0 aliphatic heterocycles. The summed E-state index contributed by atoms with van der Waals surface area (Å²) in [4.78, 5) is 15.3. The molecule has 1 aliphatic rings. The predicted octanol–water partition coefficient (Wildman–Crippen LogP) is 2.62. The molecule has 5 nitrogen and oxygen atoms in total. The Balaban J connectivity index is 1.51. The Labute approximate surface area is 136 Å². The van der Waals surface area contributed by atoms with Gasteiger partial charge >= 0.3 is 6.03 Å². The first kappa shape index (κ1) is 15.9. The fourth-order valence-corrected chi connectivity index (χ4v) is 3.46. The summed E-state index contributed by atoms with van der Waals surface area (Å²) < 4.78 is 0. The van der Waals surface area contributed by atoms with E-state index in [4.69, 9.17) is 0 Å². The number of hydrogen-bond donors (Lipinski definition) is 4. The number of fused-ring (bicyclic) bond motifs is 1. The number of hydrogen-bond acceptors (Lipinski definition) is 2. The SMILES string of the molecule is Cc1cccc2[nH]cc(CCNC(=O)N[C@@H]3CCCC[C@H]3O)c12. The summed E-state index contributed by atoms with van der Waals surface area (Å²) in [6.45, 7) is 2.68. The van der Waals surface area contributed by atoms with Crippen molar-refractivity contribution in [1.82, 2.24) is 15.6 Å². The van der Waals surface area contributed by atoms with Gasteiger partial charge in [-0.05, 0) is 43.4 Å². The summed E-state index contributed by atoms with van der Waals surface area (Å²) >= 11 is 0. The van der Waals surface area contributed by atoms with E-state index in [1.165, 1.54) is 16.5 Å². The lowest BCUT2D eigenvalue weighted by molar-refractivity contribution is 0.0943. The molecule has 1 saturated carbocycles. The molecule has 23 heavy (non-hydrogen) atoms. The van der Waals surface area contributed by atoms with E-state index in [2.05, 4.69) is 34.7 Å². The monoisotopic (exact) mass is 315 g/mol. The first-order valence-corrected chi connectivity index (χ1v) is 8.43. The van der Waals surface area contributed by atoms with Crippen LogP contribution in [0.5, 0.6) is 0 Å². The average Bonchev–Trinajstić information content (AvgIpc) is 2.94. The minimum atomic E-state index is -0.411. The molecule has 2 atom stereocenters. The van der Waals surface area contributed by atoms with Crippen molar-refractivity contribution in [1.29, 1.82) is 0 Å². The maximum absolute atomic E-state index is 12.0. The molecule has 4 N–H and O–H groups in total. The summed E-state index contributed by atoms with van der Waals surface area (Å²) in [6.07, 6.45) is 6.13. The lowest BCUT2D eigenvalue weighted by Crippen LogP contribution is -2.49. The third-order valence-corrected chi connectivity index (χ3v) is 4.72. The first-order chi connectivity index (χ1) is 11.1. The number of benzene rings is 1. The average molecular weight is 315 g/mol. The Kier molecular flexibility index (Phi) is 4.86. The molecular formula is C18H25N3O2. The van der Waals surface area contributed by atoms with E-state index in [-0.39, 0.29) is 12.1 Å². The van der Waals surface area contributed by atoms with Crippen LogP contribution in [0, 0.1) is 6.92 Å². The molecular weight excluding hydrogens is 290 g/mol. The standard InChI is InChI=1S/C18H25N3O2/c1-12-5-4-7-15-17(12)13(11-20-15)9-10-19-18(23)21-14-6-2-3-8-16(14)22/h4-5,7,11,14,16,20,22H,2-3,6,8-10H2,1H3,(H2,19,21,23)/t14-,16-/m1/s1. The second kappa shape index (κ2) is 7.04. The Morgan fingerprint density at radius 2 is 2.17 bits per heavy atom. The van der Waals surface area contributed by atoms with E-state index in [1.54, 1.807) is 0 Å². The zero-order chi connectivity index (χ0) is 16.2. The van der Waals surface area contributed by atoms with Crippen LogP contribution < -0.4 is 10.6 Å². The van der Waals surface area contributed by atoms with E-state index in [0.717, 1.165) is 37.6 Å². The molecule has 1 aromatic carbocycles. The van der Waals surface area contributed by atoms with Gasteiger partial charge in [-0.15, -0.1) is 0 Å². The number of rotatable bonds is 4. The van der Waals surface area contributed by atoms with Crippen LogP contribution in [0.4, 0.5) is 4.79 Å². The van der Waals surface area contributed by atoms with Crippen molar-refractivity contribution in [3.8, 4) is 0 Å². The summed E-state index contributed by atoms with van der Waals surface area (Å²) in [5.74, 6) is 0. The van der Waals surface area contributed by atoms with Gasteiger partial charge in [-0.2, -0.15) is 0 Å². The number of amides is 2. The molecule has 5 heteroatoms. The molecule has 1 fully saturated rings. The van der Waals surface area contributed by atoms with Crippen LogP contribution in [-0.4, -0.2) is 34.8 Å². The van der Waals surface area contributed by atoms with Crippen LogP contribution in [0.25, 0.3) is 10.9 Å². The maximum atomic E-state index is 12.0. The minimum absolute atomic E-state index is 0.112. The van der Waals surface area contributed by atoms with E-state index in [9.17, 15) is 9.90 Å². The molecule has 0 bridgehead atoms. The van der Waals surface area contributed by atoms with Crippen molar-refractivity contribution in [3.63, 3.8) is 0 Å². The summed E-state index contributed by atoms with van der Waals surface area (Å²) in [5.41, 5.74) is 3.60. The molecule has 0 unspecified atom stereocenters. The van der Waals surface area contributed by atoms with Crippen molar-refractivity contribution in [3.05, 3.63) is 35.5 Å². The smallest absolute Gasteiger partial charge is 0.315 e. The van der Waals surface area contributed by atoms with Crippen molar-refractivity contribution < 1.29 is 9.90 Å². The third kappa shape index (κ3) is 3.67. The van der Waals surface area contributed by atoms with Crippen molar-refractivity contribution in [2.45, 2.75) is 51.2 Å². The van der Waals surface area contributed by atoms with E-state index in [0.29, 0.717) is 6.54 Å². The van der Waals surface area contributed by atoms with Gasteiger partial charge in [0, 0.05) is 23.6 Å². The van der Waals surface area contributed by atoms with E-state index in [1.807, 2.05) is 12.3 Å². The molecule has 2 aromatic rings. The Morgan fingerprint density at radius 1 is 1.35 bits per heavy atom. The highest BCUT2D eigenvalue weighted by Crippen LogP contribution is 2.22. The Hall–Kier alpha value is -2.01. The second-order valence-electron chi connectivity index (χ2n) is 6.42. The van der Waals surface area contributed by atoms with Gasteiger partial charge in [-0.25, -0.2) is 4.79 Å². The number of carbonyl (C=O) groups is 1. The summed E-state index contributed by atoms with van der Waals surface area (Å²) in [5, 5.41) is 16.9. The van der Waals surface area contributed by atoms with Gasteiger partial charge in [0.1, 0.15) is 0 Å². The number of aliphatic hydroxyl groups is 1. The lowest BCUT2D eigenvalue weighted by atomic mass is 9.93. The molecule has 124 valence electrons. The van der Waals surface area contributed by atoms with Crippen LogP contribution in [0.1, 0.15) is 36.8 Å². The third-order valence-electron chi connectivity index (χ3n) is 4.72. The van der Waals surface area contributed by atoms with Crippen molar-refractivity contribution in [2.24, 2.45) is 0 Å². The summed E-state index contributed by atoms with van der Waals surface area (Å²) in [7, 11) is 0. The molecule has 3 rings (SSSR count). The van der Waals surface area contributed by atoms with Crippen LogP contribution >= 0.6 is 0 Å². The highest BCUT2D eigenvalue weighted by Gasteiger charge is 2.24. The van der Waals surface area contributed by atoms with Gasteiger partial charge in [0.2, 0.25) is 0 Å². The quantitative estimate of drug-likeness (QED) is 0.700. The molecule has 1 aromatic heterocycles. The number of urea groups is 1. The number of aliphatic hydroxyl groups excluding tert-OH is 1. The molecule has 1 heterocycles.